The standard InChI is InChI=1S/C24H31FN2O6S/c1-16-12-27(17(2)14-28)34(30,31)23-10-9-18(19-7-5-6-8-20(19)25)11-21(23)33-22(16)13-26(3)24(29)15-32-4/h5-11,16-17,22,28H,12-15H2,1-4H3/t16-,17-,22+/m1/s1. The number of aliphatic hydroxyl groups excluding tert-OH is 1. The molecule has 0 spiro atoms. The van der Waals surface area contributed by atoms with E-state index in [9.17, 15) is 22.7 Å². The molecule has 2 aromatic carbocycles. The van der Waals surface area contributed by atoms with Crippen LogP contribution in [0.2, 0.25) is 0 Å². The number of likely N-dealkylation sites (N-methyl/N-ethyl adjacent to an activating group) is 1. The summed E-state index contributed by atoms with van der Waals surface area (Å²) in [6, 6.07) is 9.98. The lowest BCUT2D eigenvalue weighted by molar-refractivity contribution is -0.135. The summed E-state index contributed by atoms with van der Waals surface area (Å²) in [5, 5.41) is 9.74. The molecule has 34 heavy (non-hydrogen) atoms. The fourth-order valence-electron chi connectivity index (χ4n) is 3.91. The molecular formula is C24H31FN2O6S. The van der Waals surface area contributed by atoms with E-state index in [4.69, 9.17) is 9.47 Å². The van der Waals surface area contributed by atoms with Crippen LogP contribution in [-0.4, -0.2) is 81.2 Å². The van der Waals surface area contributed by atoms with E-state index in [1.54, 1.807) is 32.2 Å². The lowest BCUT2D eigenvalue weighted by Crippen LogP contribution is -2.50. The molecule has 186 valence electrons. The number of carbonyl (C=O) groups is 1. The van der Waals surface area contributed by atoms with Crippen LogP contribution in [0.4, 0.5) is 4.39 Å². The summed E-state index contributed by atoms with van der Waals surface area (Å²) >= 11 is 0. The van der Waals surface area contributed by atoms with Crippen molar-refractivity contribution < 1.29 is 32.2 Å². The molecule has 0 saturated heterocycles. The number of fused-ring (bicyclic) bond motifs is 1. The molecule has 10 heteroatoms. The van der Waals surface area contributed by atoms with Gasteiger partial charge in [-0.15, -0.1) is 0 Å². The Labute approximate surface area is 199 Å². The molecule has 1 aliphatic rings. The van der Waals surface area contributed by atoms with E-state index in [0.717, 1.165) is 0 Å². The van der Waals surface area contributed by atoms with E-state index in [2.05, 4.69) is 0 Å². The van der Waals surface area contributed by atoms with Crippen LogP contribution >= 0.6 is 0 Å². The Morgan fingerprint density at radius 1 is 1.32 bits per heavy atom. The molecule has 3 rings (SSSR count). The van der Waals surface area contributed by atoms with Crippen LogP contribution in [0, 0.1) is 11.7 Å². The Balaban J connectivity index is 2.11. The summed E-state index contributed by atoms with van der Waals surface area (Å²) in [4.78, 5) is 13.7. The van der Waals surface area contributed by atoms with Gasteiger partial charge < -0.3 is 19.5 Å². The van der Waals surface area contributed by atoms with Crippen molar-refractivity contribution in [2.75, 3.05) is 40.5 Å². The molecule has 8 nitrogen and oxygen atoms in total. The number of halogens is 1. The Morgan fingerprint density at radius 3 is 2.68 bits per heavy atom. The minimum Gasteiger partial charge on any atom is -0.487 e. The second kappa shape index (κ2) is 10.8. The van der Waals surface area contributed by atoms with Gasteiger partial charge in [0.25, 0.3) is 0 Å². The number of carbonyl (C=O) groups excluding carboxylic acids is 1. The van der Waals surface area contributed by atoms with Gasteiger partial charge in [-0.05, 0) is 30.7 Å². The molecule has 0 aliphatic carbocycles. The Hall–Kier alpha value is -2.53. The average Bonchev–Trinajstić information content (AvgIpc) is 2.81. The van der Waals surface area contributed by atoms with E-state index >= 15 is 0 Å². The monoisotopic (exact) mass is 494 g/mol. The first-order chi connectivity index (χ1) is 16.1. The molecule has 0 saturated carbocycles. The van der Waals surface area contributed by atoms with Crippen molar-refractivity contribution in [1.82, 2.24) is 9.21 Å². The second-order valence-corrected chi connectivity index (χ2v) is 10.4. The largest absolute Gasteiger partial charge is 0.487 e. The highest BCUT2D eigenvalue weighted by atomic mass is 32.2. The van der Waals surface area contributed by atoms with Crippen LogP contribution in [0.15, 0.2) is 47.4 Å². The number of nitrogens with zero attached hydrogens (tertiary/aromatic N) is 2. The molecule has 0 aromatic heterocycles. The van der Waals surface area contributed by atoms with Gasteiger partial charge in [0, 0.05) is 38.2 Å². The van der Waals surface area contributed by atoms with E-state index in [0.29, 0.717) is 11.1 Å². The number of methoxy groups -OCH3 is 1. The zero-order valence-electron chi connectivity index (χ0n) is 19.8. The topological polar surface area (TPSA) is 96.4 Å². The summed E-state index contributed by atoms with van der Waals surface area (Å²) in [5.41, 5.74) is 0.774. The molecular weight excluding hydrogens is 463 g/mol. The third-order valence-corrected chi connectivity index (χ3v) is 8.02. The van der Waals surface area contributed by atoms with Crippen molar-refractivity contribution in [3.8, 4) is 16.9 Å². The Bertz CT molecular complexity index is 1130. The predicted octanol–water partition coefficient (Wildman–Crippen LogP) is 2.37. The molecule has 0 radical (unpaired) electrons. The highest BCUT2D eigenvalue weighted by Crippen LogP contribution is 2.37. The van der Waals surface area contributed by atoms with Crippen LogP contribution in [0.1, 0.15) is 13.8 Å². The molecule has 2 aromatic rings. The summed E-state index contributed by atoms with van der Waals surface area (Å²) in [5.74, 6) is -0.942. The first-order valence-electron chi connectivity index (χ1n) is 11.0. The number of hydrogen-bond acceptors (Lipinski definition) is 6. The van der Waals surface area contributed by atoms with E-state index in [1.807, 2.05) is 6.92 Å². The van der Waals surface area contributed by atoms with E-state index in [1.165, 1.54) is 40.6 Å². The van der Waals surface area contributed by atoms with Gasteiger partial charge in [-0.3, -0.25) is 4.79 Å². The summed E-state index contributed by atoms with van der Waals surface area (Å²) in [7, 11) is -0.965. The van der Waals surface area contributed by atoms with Gasteiger partial charge in [-0.1, -0.05) is 31.2 Å². The number of aliphatic hydroxyl groups is 1. The average molecular weight is 495 g/mol. The highest BCUT2D eigenvalue weighted by Gasteiger charge is 2.38. The van der Waals surface area contributed by atoms with Crippen LogP contribution in [0.25, 0.3) is 11.1 Å². The Kier molecular flexibility index (Phi) is 8.29. The van der Waals surface area contributed by atoms with Crippen molar-refractivity contribution in [2.45, 2.75) is 30.9 Å². The number of rotatable bonds is 7. The predicted molar refractivity (Wildman–Crippen MR) is 125 cm³/mol. The van der Waals surface area contributed by atoms with Crippen molar-refractivity contribution in [2.24, 2.45) is 5.92 Å². The first kappa shape index (κ1) is 26.1. The summed E-state index contributed by atoms with van der Waals surface area (Å²) in [6.45, 7) is 3.30. The van der Waals surface area contributed by atoms with Crippen molar-refractivity contribution >= 4 is 15.9 Å². The number of amides is 1. The van der Waals surface area contributed by atoms with E-state index in [-0.39, 0.29) is 48.8 Å². The van der Waals surface area contributed by atoms with Crippen LogP contribution in [-0.2, 0) is 19.6 Å². The lowest BCUT2D eigenvalue weighted by atomic mass is 10.0. The maximum atomic E-state index is 14.4. The van der Waals surface area contributed by atoms with Crippen LogP contribution in [0.5, 0.6) is 5.75 Å². The Morgan fingerprint density at radius 2 is 2.03 bits per heavy atom. The number of hydrogen-bond donors (Lipinski definition) is 1. The lowest BCUT2D eigenvalue weighted by Gasteiger charge is -2.37. The second-order valence-electron chi connectivity index (χ2n) is 8.59. The summed E-state index contributed by atoms with van der Waals surface area (Å²) in [6.07, 6.45) is -0.565. The van der Waals surface area contributed by atoms with Crippen molar-refractivity contribution in [3.05, 3.63) is 48.3 Å². The fourth-order valence-corrected chi connectivity index (χ4v) is 5.74. The molecule has 3 atom stereocenters. The minimum atomic E-state index is -4.02. The normalized spacial score (nSPS) is 21.0. The van der Waals surface area contributed by atoms with Gasteiger partial charge in [-0.25, -0.2) is 12.8 Å². The highest BCUT2D eigenvalue weighted by molar-refractivity contribution is 7.89. The molecule has 0 fully saturated rings. The van der Waals surface area contributed by atoms with Gasteiger partial charge in [0.05, 0.1) is 13.2 Å². The minimum absolute atomic E-state index is 0.0695. The zero-order valence-corrected chi connectivity index (χ0v) is 20.6. The maximum Gasteiger partial charge on any atom is 0.248 e. The molecule has 1 N–H and O–H groups in total. The molecule has 0 unspecified atom stereocenters. The fraction of sp³-hybridized carbons (Fsp3) is 0.458. The molecule has 1 heterocycles. The summed E-state index contributed by atoms with van der Waals surface area (Å²) < 4.78 is 53.9. The van der Waals surface area contributed by atoms with Gasteiger partial charge >= 0.3 is 0 Å². The third-order valence-electron chi connectivity index (χ3n) is 6.00. The third kappa shape index (κ3) is 5.41. The van der Waals surface area contributed by atoms with Gasteiger partial charge in [0.1, 0.15) is 29.2 Å². The number of benzene rings is 2. The SMILES string of the molecule is COCC(=O)N(C)C[C@@H]1Oc2cc(-c3ccccc3F)ccc2S(=O)(=O)N([C@H](C)CO)C[C@H]1C. The van der Waals surface area contributed by atoms with Crippen molar-refractivity contribution in [3.63, 3.8) is 0 Å². The van der Waals surface area contributed by atoms with Crippen LogP contribution < -0.4 is 4.74 Å². The first-order valence-corrected chi connectivity index (χ1v) is 12.4. The van der Waals surface area contributed by atoms with Crippen LogP contribution in [0.3, 0.4) is 0 Å². The quantitative estimate of drug-likeness (QED) is 0.635. The number of ether oxygens (including phenoxy) is 2. The maximum absolute atomic E-state index is 14.4. The van der Waals surface area contributed by atoms with Gasteiger partial charge in [-0.2, -0.15) is 4.31 Å². The molecule has 1 amide bonds. The molecule has 0 bridgehead atoms. The molecule has 1 aliphatic heterocycles. The van der Waals surface area contributed by atoms with Gasteiger partial charge in [0.2, 0.25) is 15.9 Å². The smallest absolute Gasteiger partial charge is 0.248 e. The number of sulfonamides is 1. The zero-order chi connectivity index (χ0) is 25.0. The van der Waals surface area contributed by atoms with Crippen molar-refractivity contribution in [1.29, 1.82) is 0 Å². The van der Waals surface area contributed by atoms with E-state index < -0.39 is 28.0 Å². The van der Waals surface area contributed by atoms with Gasteiger partial charge in [0.15, 0.2) is 0 Å².